The highest BCUT2D eigenvalue weighted by molar-refractivity contribution is 5.78. The Morgan fingerprint density at radius 2 is 1.83 bits per heavy atom. The predicted octanol–water partition coefficient (Wildman–Crippen LogP) is 2.26. The van der Waals surface area contributed by atoms with Crippen LogP contribution < -0.4 is 10.2 Å². The Kier molecular flexibility index (Phi) is 6.94. The lowest BCUT2D eigenvalue weighted by atomic mass is 10.2. The number of benzene rings is 1. The minimum absolute atomic E-state index is 0.0447. The standard InChI is InChI=1S/C21H28N6O3/c1-4-17-13-19(24-21(23-17)16-5-7-18(8-6-16)27(29)30)26-11-9-25(10-12-26)14-20(28)22-15(2)3/h5-8,13,15H,4,9-12,14H2,1-3H3,(H,22,28). The molecule has 0 unspecified atom stereocenters. The fourth-order valence-corrected chi connectivity index (χ4v) is 3.39. The molecule has 3 rings (SSSR count). The molecule has 0 radical (unpaired) electrons. The highest BCUT2D eigenvalue weighted by Crippen LogP contribution is 2.23. The fraction of sp³-hybridized carbons (Fsp3) is 0.476. The summed E-state index contributed by atoms with van der Waals surface area (Å²) in [6, 6.07) is 8.45. The van der Waals surface area contributed by atoms with Crippen LogP contribution in [-0.2, 0) is 11.2 Å². The van der Waals surface area contributed by atoms with Gasteiger partial charge in [-0.3, -0.25) is 19.8 Å². The quantitative estimate of drug-likeness (QED) is 0.549. The number of nitro benzene ring substituents is 1. The van der Waals surface area contributed by atoms with E-state index in [1.165, 1.54) is 12.1 Å². The summed E-state index contributed by atoms with van der Waals surface area (Å²) in [6.07, 6.45) is 0.769. The second kappa shape index (κ2) is 9.62. The average Bonchev–Trinajstić information content (AvgIpc) is 2.73. The lowest BCUT2D eigenvalue weighted by molar-refractivity contribution is -0.384. The van der Waals surface area contributed by atoms with E-state index in [2.05, 4.69) is 20.1 Å². The van der Waals surface area contributed by atoms with Crippen molar-refractivity contribution in [2.45, 2.75) is 33.2 Å². The molecule has 1 aromatic heterocycles. The van der Waals surface area contributed by atoms with Gasteiger partial charge in [-0.05, 0) is 32.4 Å². The van der Waals surface area contributed by atoms with Crippen LogP contribution in [0.2, 0.25) is 0 Å². The molecule has 2 heterocycles. The molecule has 1 N–H and O–H groups in total. The Balaban J connectivity index is 1.71. The molecule has 2 aromatic rings. The average molecular weight is 412 g/mol. The zero-order valence-corrected chi connectivity index (χ0v) is 17.7. The predicted molar refractivity (Wildman–Crippen MR) is 115 cm³/mol. The summed E-state index contributed by atoms with van der Waals surface area (Å²) in [6.45, 7) is 9.47. The van der Waals surface area contributed by atoms with Gasteiger partial charge in [0.25, 0.3) is 5.69 Å². The number of piperazine rings is 1. The van der Waals surface area contributed by atoms with Crippen molar-refractivity contribution >= 4 is 17.4 Å². The second-order valence-corrected chi connectivity index (χ2v) is 7.68. The molecule has 0 spiro atoms. The number of nitrogens with one attached hydrogen (secondary N) is 1. The van der Waals surface area contributed by atoms with Crippen LogP contribution in [-0.4, -0.2) is 64.5 Å². The molecule has 1 aromatic carbocycles. The van der Waals surface area contributed by atoms with Crippen molar-refractivity contribution in [2.24, 2.45) is 0 Å². The van der Waals surface area contributed by atoms with Gasteiger partial charge < -0.3 is 10.2 Å². The highest BCUT2D eigenvalue weighted by Gasteiger charge is 2.21. The van der Waals surface area contributed by atoms with E-state index in [-0.39, 0.29) is 17.6 Å². The maximum absolute atomic E-state index is 12.0. The van der Waals surface area contributed by atoms with Crippen molar-refractivity contribution < 1.29 is 9.72 Å². The van der Waals surface area contributed by atoms with Crippen molar-refractivity contribution in [1.82, 2.24) is 20.2 Å². The van der Waals surface area contributed by atoms with E-state index in [9.17, 15) is 14.9 Å². The molecular formula is C21H28N6O3. The van der Waals surface area contributed by atoms with E-state index in [1.54, 1.807) is 12.1 Å². The van der Waals surface area contributed by atoms with Crippen molar-refractivity contribution in [3.63, 3.8) is 0 Å². The lowest BCUT2D eigenvalue weighted by Crippen LogP contribution is -2.50. The maximum atomic E-state index is 12.0. The molecule has 1 saturated heterocycles. The van der Waals surface area contributed by atoms with Crippen LogP contribution in [0, 0.1) is 10.1 Å². The summed E-state index contributed by atoms with van der Waals surface area (Å²) in [4.78, 5) is 36.1. The van der Waals surface area contributed by atoms with Crippen LogP contribution in [0.3, 0.4) is 0 Å². The summed E-state index contributed by atoms with van der Waals surface area (Å²) in [5.41, 5.74) is 1.72. The van der Waals surface area contributed by atoms with E-state index in [1.807, 2.05) is 26.8 Å². The molecule has 1 amide bonds. The number of aromatic nitrogens is 2. The first-order chi connectivity index (χ1) is 14.4. The van der Waals surface area contributed by atoms with E-state index in [4.69, 9.17) is 4.98 Å². The molecule has 0 saturated carbocycles. The van der Waals surface area contributed by atoms with Gasteiger partial charge in [-0.25, -0.2) is 9.97 Å². The number of nitrogens with zero attached hydrogens (tertiary/aromatic N) is 5. The van der Waals surface area contributed by atoms with Crippen molar-refractivity contribution in [3.05, 3.63) is 46.1 Å². The Hall–Kier alpha value is -3.07. The van der Waals surface area contributed by atoms with Crippen LogP contribution in [0.15, 0.2) is 30.3 Å². The van der Waals surface area contributed by atoms with Crippen LogP contribution in [0.25, 0.3) is 11.4 Å². The molecule has 160 valence electrons. The largest absolute Gasteiger partial charge is 0.354 e. The van der Waals surface area contributed by atoms with E-state index >= 15 is 0 Å². The van der Waals surface area contributed by atoms with Gasteiger partial charge in [0, 0.05) is 61.7 Å². The molecule has 0 bridgehead atoms. The summed E-state index contributed by atoms with van der Waals surface area (Å²) in [5.74, 6) is 1.47. The zero-order valence-electron chi connectivity index (χ0n) is 17.7. The first kappa shape index (κ1) is 21.6. The van der Waals surface area contributed by atoms with Crippen molar-refractivity contribution in [2.75, 3.05) is 37.6 Å². The molecule has 1 aliphatic rings. The molecular weight excluding hydrogens is 384 g/mol. The number of aryl methyl sites for hydroxylation is 1. The number of carbonyl (C=O) groups is 1. The summed E-state index contributed by atoms with van der Waals surface area (Å²) < 4.78 is 0. The molecule has 0 atom stereocenters. The van der Waals surface area contributed by atoms with Gasteiger partial charge in [-0.15, -0.1) is 0 Å². The van der Waals surface area contributed by atoms with Crippen LogP contribution in [0.5, 0.6) is 0 Å². The third-order valence-electron chi connectivity index (χ3n) is 4.98. The van der Waals surface area contributed by atoms with Gasteiger partial charge in [-0.1, -0.05) is 6.92 Å². The minimum Gasteiger partial charge on any atom is -0.354 e. The topological polar surface area (TPSA) is 104 Å². The molecule has 9 heteroatoms. The minimum atomic E-state index is -0.417. The second-order valence-electron chi connectivity index (χ2n) is 7.68. The van der Waals surface area contributed by atoms with Gasteiger partial charge in [0.15, 0.2) is 5.82 Å². The van der Waals surface area contributed by atoms with Gasteiger partial charge in [-0.2, -0.15) is 0 Å². The number of amides is 1. The number of carbonyl (C=O) groups excluding carboxylic acids is 1. The Morgan fingerprint density at radius 3 is 2.40 bits per heavy atom. The molecule has 1 fully saturated rings. The van der Waals surface area contributed by atoms with Gasteiger partial charge in [0.05, 0.1) is 11.5 Å². The lowest BCUT2D eigenvalue weighted by Gasteiger charge is -2.35. The van der Waals surface area contributed by atoms with E-state index in [0.29, 0.717) is 12.4 Å². The Labute approximate surface area is 176 Å². The van der Waals surface area contributed by atoms with Crippen LogP contribution in [0.4, 0.5) is 11.5 Å². The normalized spacial score (nSPS) is 14.7. The third kappa shape index (κ3) is 5.50. The number of hydrogen-bond acceptors (Lipinski definition) is 7. The number of non-ortho nitro benzene ring substituents is 1. The van der Waals surface area contributed by atoms with Crippen molar-refractivity contribution in [3.8, 4) is 11.4 Å². The van der Waals surface area contributed by atoms with Gasteiger partial charge in [0.2, 0.25) is 5.91 Å². The number of anilines is 1. The SMILES string of the molecule is CCc1cc(N2CCN(CC(=O)NC(C)C)CC2)nc(-c2ccc([N+](=O)[O-])cc2)n1. The maximum Gasteiger partial charge on any atom is 0.269 e. The first-order valence-corrected chi connectivity index (χ1v) is 10.2. The Bertz CT molecular complexity index is 892. The molecule has 9 nitrogen and oxygen atoms in total. The fourth-order valence-electron chi connectivity index (χ4n) is 3.39. The summed E-state index contributed by atoms with van der Waals surface area (Å²) in [5, 5.41) is 13.8. The van der Waals surface area contributed by atoms with E-state index in [0.717, 1.165) is 49.7 Å². The smallest absolute Gasteiger partial charge is 0.269 e. The Morgan fingerprint density at radius 1 is 1.17 bits per heavy atom. The number of nitro groups is 1. The third-order valence-corrected chi connectivity index (χ3v) is 4.98. The number of rotatable bonds is 7. The van der Waals surface area contributed by atoms with Crippen LogP contribution >= 0.6 is 0 Å². The monoisotopic (exact) mass is 412 g/mol. The van der Waals surface area contributed by atoms with Gasteiger partial charge in [0.1, 0.15) is 5.82 Å². The molecule has 1 aliphatic heterocycles. The van der Waals surface area contributed by atoms with E-state index < -0.39 is 4.92 Å². The molecule has 30 heavy (non-hydrogen) atoms. The first-order valence-electron chi connectivity index (χ1n) is 10.2. The van der Waals surface area contributed by atoms with Gasteiger partial charge >= 0.3 is 0 Å². The number of hydrogen-bond donors (Lipinski definition) is 1. The van der Waals surface area contributed by atoms with Crippen LogP contribution in [0.1, 0.15) is 26.5 Å². The van der Waals surface area contributed by atoms with Crippen molar-refractivity contribution in [1.29, 1.82) is 0 Å². The molecule has 0 aliphatic carbocycles. The summed E-state index contributed by atoms with van der Waals surface area (Å²) >= 11 is 0. The zero-order chi connectivity index (χ0) is 21.7. The summed E-state index contributed by atoms with van der Waals surface area (Å²) in [7, 11) is 0. The highest BCUT2D eigenvalue weighted by atomic mass is 16.6.